The zero-order valence-corrected chi connectivity index (χ0v) is 24.8. The van der Waals surface area contributed by atoms with Crippen molar-refractivity contribution in [2.75, 3.05) is 0 Å². The second-order valence-electron chi connectivity index (χ2n) is 11.3. The first-order valence-corrected chi connectivity index (χ1v) is 13.9. The minimum atomic E-state index is -1.02. The molecule has 0 amide bonds. The number of nitrogens with two attached hydrogens (primary N) is 1. The molecule has 0 aliphatic rings. The van der Waals surface area contributed by atoms with Crippen molar-refractivity contribution in [3.63, 3.8) is 0 Å². The van der Waals surface area contributed by atoms with E-state index in [1.165, 1.54) is 6.07 Å². The van der Waals surface area contributed by atoms with Crippen LogP contribution in [0.15, 0.2) is 18.2 Å². The van der Waals surface area contributed by atoms with Gasteiger partial charge in [-0.1, -0.05) is 47.6 Å². The smallest absolute Gasteiger partial charge is 0.323 e. The lowest BCUT2D eigenvalue weighted by Gasteiger charge is -2.23. The fourth-order valence-corrected chi connectivity index (χ4v) is 3.39. The van der Waals surface area contributed by atoms with E-state index in [0.29, 0.717) is 30.2 Å². The Morgan fingerprint density at radius 3 is 1.72 bits per heavy atom. The van der Waals surface area contributed by atoms with Crippen LogP contribution in [0.4, 0.5) is 0 Å². The number of carbonyl (C=O) groups excluding carboxylic acids is 4. The predicted molar refractivity (Wildman–Crippen MR) is 148 cm³/mol. The SMILES string of the molecule is CC(C)CCC(=O)Oc1ccc(C[C@H](N)C(=O)O[C@@H](C)[C@H](C)OC(=O)CC(C)C)cc1OC(=O)CCC(C)C. The number of hydrogen-bond acceptors (Lipinski definition) is 9. The molecule has 3 atom stereocenters. The Bertz CT molecular complexity index is 956. The lowest BCUT2D eigenvalue weighted by Crippen LogP contribution is -2.39. The normalized spacial score (nSPS) is 13.6. The molecule has 0 saturated carbocycles. The van der Waals surface area contributed by atoms with Gasteiger partial charge < -0.3 is 24.7 Å². The van der Waals surface area contributed by atoms with Crippen LogP contribution in [0.5, 0.6) is 11.5 Å². The molecule has 1 aromatic carbocycles. The van der Waals surface area contributed by atoms with Crippen molar-refractivity contribution >= 4 is 23.9 Å². The Labute approximate surface area is 233 Å². The number of ether oxygens (including phenoxy) is 4. The van der Waals surface area contributed by atoms with Gasteiger partial charge in [0.1, 0.15) is 18.2 Å². The fourth-order valence-electron chi connectivity index (χ4n) is 3.39. The van der Waals surface area contributed by atoms with Gasteiger partial charge in [-0.25, -0.2) is 0 Å². The lowest BCUT2D eigenvalue weighted by molar-refractivity contribution is -0.166. The van der Waals surface area contributed by atoms with E-state index in [9.17, 15) is 19.2 Å². The predicted octanol–water partition coefficient (Wildman–Crippen LogP) is 5.15. The second-order valence-corrected chi connectivity index (χ2v) is 11.3. The van der Waals surface area contributed by atoms with Crippen molar-refractivity contribution in [1.82, 2.24) is 0 Å². The first-order chi connectivity index (χ1) is 18.2. The second kappa shape index (κ2) is 16.9. The molecule has 1 aromatic rings. The zero-order valence-electron chi connectivity index (χ0n) is 24.8. The maximum atomic E-state index is 12.6. The van der Waals surface area contributed by atoms with Crippen LogP contribution in [-0.2, 0) is 35.1 Å². The Morgan fingerprint density at radius 2 is 1.21 bits per heavy atom. The average Bonchev–Trinajstić information content (AvgIpc) is 2.82. The summed E-state index contributed by atoms with van der Waals surface area (Å²) in [5.41, 5.74) is 6.70. The van der Waals surface area contributed by atoms with E-state index >= 15 is 0 Å². The van der Waals surface area contributed by atoms with Crippen molar-refractivity contribution in [3.05, 3.63) is 23.8 Å². The van der Waals surface area contributed by atoms with Crippen molar-refractivity contribution < 1.29 is 38.1 Å². The molecule has 39 heavy (non-hydrogen) atoms. The molecule has 0 aliphatic carbocycles. The minimum Gasteiger partial charge on any atom is -0.459 e. The summed E-state index contributed by atoms with van der Waals surface area (Å²) in [6, 6.07) is 3.72. The van der Waals surface area contributed by atoms with Gasteiger partial charge in [0.2, 0.25) is 0 Å². The number of hydrogen-bond donors (Lipinski definition) is 1. The molecular formula is C30H47NO8. The van der Waals surface area contributed by atoms with Gasteiger partial charge in [0.25, 0.3) is 0 Å². The molecule has 1 rings (SSSR count). The van der Waals surface area contributed by atoms with E-state index < -0.39 is 36.2 Å². The third-order valence-corrected chi connectivity index (χ3v) is 5.92. The van der Waals surface area contributed by atoms with Crippen LogP contribution in [0.2, 0.25) is 0 Å². The number of carbonyl (C=O) groups is 4. The number of rotatable bonds is 16. The highest BCUT2D eigenvalue weighted by molar-refractivity contribution is 5.77. The fraction of sp³-hybridized carbons (Fsp3) is 0.667. The van der Waals surface area contributed by atoms with E-state index in [0.717, 1.165) is 0 Å². The van der Waals surface area contributed by atoms with Gasteiger partial charge in [0.05, 0.1) is 0 Å². The molecule has 0 saturated heterocycles. The third-order valence-electron chi connectivity index (χ3n) is 5.92. The van der Waals surface area contributed by atoms with E-state index in [-0.39, 0.29) is 49.1 Å². The molecule has 0 bridgehead atoms. The molecule has 9 nitrogen and oxygen atoms in total. The van der Waals surface area contributed by atoms with Crippen molar-refractivity contribution in [3.8, 4) is 11.5 Å². The summed E-state index contributed by atoms with van der Waals surface area (Å²) in [5, 5.41) is 0. The van der Waals surface area contributed by atoms with Crippen LogP contribution in [0.25, 0.3) is 0 Å². The molecule has 9 heteroatoms. The summed E-state index contributed by atoms with van der Waals surface area (Å²) in [7, 11) is 0. The molecule has 0 aromatic heterocycles. The quantitative estimate of drug-likeness (QED) is 0.220. The highest BCUT2D eigenvalue weighted by Gasteiger charge is 2.25. The lowest BCUT2D eigenvalue weighted by atomic mass is 10.1. The molecular weight excluding hydrogens is 502 g/mol. The minimum absolute atomic E-state index is 0.0885. The molecule has 0 fully saturated rings. The summed E-state index contributed by atoms with van der Waals surface area (Å²) in [6.45, 7) is 15.2. The highest BCUT2D eigenvalue weighted by atomic mass is 16.6. The van der Waals surface area contributed by atoms with Gasteiger partial charge in [-0.2, -0.15) is 0 Å². The molecule has 220 valence electrons. The monoisotopic (exact) mass is 549 g/mol. The standard InChI is InChI=1S/C30H47NO8/c1-18(2)9-13-27(32)38-25-12-11-23(17-26(25)39-28(33)14-10-19(3)4)16-24(31)30(35)37-22(8)21(7)36-29(34)15-20(5)6/h11-12,17-22,24H,9-10,13-16,31H2,1-8H3/t21-,22-,24-/m0/s1. The molecule has 2 N–H and O–H groups in total. The van der Waals surface area contributed by atoms with E-state index in [1.54, 1.807) is 26.0 Å². The van der Waals surface area contributed by atoms with Gasteiger partial charge in [-0.3, -0.25) is 19.2 Å². The van der Waals surface area contributed by atoms with Gasteiger partial charge in [-0.15, -0.1) is 0 Å². The molecule has 0 unspecified atom stereocenters. The Hall–Kier alpha value is -2.94. The van der Waals surface area contributed by atoms with Gasteiger partial charge in [0.15, 0.2) is 11.5 Å². The van der Waals surface area contributed by atoms with Crippen LogP contribution >= 0.6 is 0 Å². The van der Waals surface area contributed by atoms with Gasteiger partial charge in [0, 0.05) is 19.3 Å². The van der Waals surface area contributed by atoms with Crippen LogP contribution in [0.1, 0.15) is 93.1 Å². The average molecular weight is 550 g/mol. The van der Waals surface area contributed by atoms with Crippen LogP contribution in [0.3, 0.4) is 0 Å². The van der Waals surface area contributed by atoms with Crippen LogP contribution in [-0.4, -0.2) is 42.1 Å². The Balaban J connectivity index is 2.92. The van der Waals surface area contributed by atoms with Gasteiger partial charge >= 0.3 is 23.9 Å². The highest BCUT2D eigenvalue weighted by Crippen LogP contribution is 2.30. The summed E-state index contributed by atoms with van der Waals surface area (Å²) in [5.74, 6) is -0.833. The summed E-state index contributed by atoms with van der Waals surface area (Å²) < 4.78 is 21.8. The van der Waals surface area contributed by atoms with Gasteiger partial charge in [-0.05, 0) is 68.6 Å². The maximum absolute atomic E-state index is 12.6. The third kappa shape index (κ3) is 14.1. The molecule has 0 spiro atoms. The number of benzene rings is 1. The van der Waals surface area contributed by atoms with Crippen LogP contribution < -0.4 is 15.2 Å². The number of esters is 4. The first kappa shape index (κ1) is 34.1. The van der Waals surface area contributed by atoms with E-state index in [4.69, 9.17) is 24.7 Å². The Morgan fingerprint density at radius 1 is 0.692 bits per heavy atom. The first-order valence-electron chi connectivity index (χ1n) is 13.9. The molecule has 0 heterocycles. The topological polar surface area (TPSA) is 131 Å². The summed E-state index contributed by atoms with van der Waals surface area (Å²) in [6.07, 6.45) is 0.821. The van der Waals surface area contributed by atoms with Crippen LogP contribution in [0, 0.1) is 17.8 Å². The summed E-state index contributed by atoms with van der Waals surface area (Å²) in [4.78, 5) is 49.3. The zero-order chi connectivity index (χ0) is 29.7. The van der Waals surface area contributed by atoms with Crippen molar-refractivity contribution in [1.29, 1.82) is 0 Å². The summed E-state index contributed by atoms with van der Waals surface area (Å²) >= 11 is 0. The van der Waals surface area contributed by atoms with Crippen molar-refractivity contribution in [2.24, 2.45) is 23.5 Å². The maximum Gasteiger partial charge on any atom is 0.323 e. The Kier molecular flexibility index (Phi) is 14.8. The largest absolute Gasteiger partial charge is 0.459 e. The van der Waals surface area contributed by atoms with E-state index in [2.05, 4.69) is 0 Å². The molecule has 0 radical (unpaired) electrons. The van der Waals surface area contributed by atoms with Crippen molar-refractivity contribution in [2.45, 2.75) is 112 Å². The molecule has 0 aliphatic heterocycles. The van der Waals surface area contributed by atoms with E-state index in [1.807, 2.05) is 41.5 Å².